The van der Waals surface area contributed by atoms with Crippen LogP contribution in [0.4, 0.5) is 10.1 Å². The normalized spacial score (nSPS) is 21.8. The van der Waals surface area contributed by atoms with E-state index in [1.165, 1.54) is 18.2 Å². The average molecular weight is 602 g/mol. The van der Waals surface area contributed by atoms with Gasteiger partial charge in [-0.25, -0.2) is 4.39 Å². The van der Waals surface area contributed by atoms with Crippen LogP contribution in [0.15, 0.2) is 60.7 Å². The molecular weight excluding hydrogens is 566 g/mol. The first-order valence-electron chi connectivity index (χ1n) is 13.3. The Hall–Kier alpha value is -2.71. The fourth-order valence-corrected chi connectivity index (χ4v) is 6.81. The number of rotatable bonds is 5. The summed E-state index contributed by atoms with van der Waals surface area (Å²) in [6.45, 7) is 9.86. The van der Waals surface area contributed by atoms with Gasteiger partial charge in [-0.1, -0.05) is 67.1 Å². The Morgan fingerprint density at radius 1 is 1.02 bits per heavy atom. The van der Waals surface area contributed by atoms with Crippen molar-refractivity contribution in [1.82, 2.24) is 5.32 Å². The van der Waals surface area contributed by atoms with Crippen molar-refractivity contribution >= 4 is 48.8 Å². The van der Waals surface area contributed by atoms with Gasteiger partial charge in [0.1, 0.15) is 11.2 Å². The summed E-state index contributed by atoms with van der Waals surface area (Å²) in [6, 6.07) is 17.4. The number of halogens is 3. The van der Waals surface area contributed by atoms with Crippen molar-refractivity contribution < 1.29 is 18.7 Å². The third kappa shape index (κ3) is 6.13. The molecule has 2 heterocycles. The van der Waals surface area contributed by atoms with E-state index in [0.717, 1.165) is 12.2 Å². The van der Waals surface area contributed by atoms with Gasteiger partial charge in [-0.2, -0.15) is 0 Å². The fraction of sp³-hybridized carbons (Fsp3) is 0.355. The van der Waals surface area contributed by atoms with Crippen LogP contribution in [-0.4, -0.2) is 33.6 Å². The molecule has 0 aromatic heterocycles. The van der Waals surface area contributed by atoms with E-state index >= 15 is 0 Å². The zero-order valence-electron chi connectivity index (χ0n) is 23.4. The molecule has 5 nitrogen and oxygen atoms in total. The molecule has 0 aliphatic carbocycles. The lowest BCUT2D eigenvalue weighted by molar-refractivity contribution is -0.131. The number of amides is 2. The standard InChI is InChI=1S/C25H19Cl2FN2O2.C6H16OSi/c1-13-5-7-17(28)11-18(13)20-12-22(31)30-23(14-3-2-4-15(26)9-14)25(20)19-8-6-16(27)10-21(19)29-24(25)32;1-7-5-6-8(2,3)4/h2-11,20,23H,12H2,1H3,(H,29,32)(H,30,31);5-6H2,1-4H3/t20-,23+,25-;/m1./s1. The molecule has 0 radical (unpaired) electrons. The van der Waals surface area contributed by atoms with Crippen molar-refractivity contribution in [3.8, 4) is 0 Å². The highest BCUT2D eigenvalue weighted by Gasteiger charge is 2.61. The maximum Gasteiger partial charge on any atom is 0.238 e. The molecule has 2 N–H and O–H groups in total. The van der Waals surface area contributed by atoms with Crippen molar-refractivity contribution in [2.24, 2.45) is 0 Å². The summed E-state index contributed by atoms with van der Waals surface area (Å²) in [6.07, 6.45) is 0.0385. The van der Waals surface area contributed by atoms with Crippen LogP contribution in [0, 0.1) is 12.7 Å². The summed E-state index contributed by atoms with van der Waals surface area (Å²) in [5.74, 6) is -1.50. The number of nitrogens with one attached hydrogen (secondary N) is 2. The van der Waals surface area contributed by atoms with E-state index in [0.29, 0.717) is 32.4 Å². The van der Waals surface area contributed by atoms with E-state index < -0.39 is 31.3 Å². The number of carbonyl (C=O) groups is 2. The van der Waals surface area contributed by atoms with Gasteiger partial charge in [-0.05, 0) is 71.6 Å². The van der Waals surface area contributed by atoms with Gasteiger partial charge in [0.2, 0.25) is 11.8 Å². The minimum atomic E-state index is -1.21. The van der Waals surface area contributed by atoms with Crippen LogP contribution in [0.5, 0.6) is 0 Å². The molecule has 212 valence electrons. The fourth-order valence-electron chi connectivity index (χ4n) is 5.63. The van der Waals surface area contributed by atoms with Crippen molar-refractivity contribution in [3.05, 3.63) is 98.8 Å². The Morgan fingerprint density at radius 3 is 2.40 bits per heavy atom. The number of carbonyl (C=O) groups excluding carboxylic acids is 2. The lowest BCUT2D eigenvalue weighted by Crippen LogP contribution is -2.57. The number of benzene rings is 3. The number of anilines is 1. The van der Waals surface area contributed by atoms with E-state index in [1.54, 1.807) is 43.5 Å². The minimum absolute atomic E-state index is 0.0385. The second kappa shape index (κ2) is 12.0. The Kier molecular flexibility index (Phi) is 9.10. The Balaban J connectivity index is 0.000000406. The van der Waals surface area contributed by atoms with Gasteiger partial charge in [-0.15, -0.1) is 0 Å². The first-order chi connectivity index (χ1) is 18.9. The molecular formula is C31H35Cl2FN2O3Si. The number of methoxy groups -OCH3 is 1. The van der Waals surface area contributed by atoms with Crippen molar-refractivity contribution in [3.63, 3.8) is 0 Å². The van der Waals surface area contributed by atoms with E-state index in [2.05, 4.69) is 30.3 Å². The molecule has 2 amide bonds. The zero-order chi connectivity index (χ0) is 29.2. The average Bonchev–Trinajstić information content (AvgIpc) is 3.16. The molecule has 3 aromatic rings. The molecule has 0 saturated carbocycles. The number of hydrogen-bond donors (Lipinski definition) is 2. The quantitative estimate of drug-likeness (QED) is 0.295. The summed E-state index contributed by atoms with van der Waals surface area (Å²) < 4.78 is 19.3. The van der Waals surface area contributed by atoms with E-state index in [1.807, 2.05) is 19.1 Å². The first-order valence-corrected chi connectivity index (χ1v) is 17.7. The summed E-state index contributed by atoms with van der Waals surface area (Å²) >= 11 is 12.5. The molecule has 0 unspecified atom stereocenters. The Morgan fingerprint density at radius 2 is 1.75 bits per heavy atom. The SMILES string of the molecule is COCC[Si](C)(C)C.Cc1ccc(F)cc1[C@H]1CC(=O)N[C@@H](c2cccc(Cl)c2)[C@]12C(=O)Nc1cc(Cl)ccc12. The van der Waals surface area contributed by atoms with Crippen LogP contribution < -0.4 is 10.6 Å². The molecule has 2 aliphatic heterocycles. The molecule has 3 aromatic carbocycles. The summed E-state index contributed by atoms with van der Waals surface area (Å²) in [5, 5.41) is 6.96. The second-order valence-corrected chi connectivity index (χ2v) is 18.1. The van der Waals surface area contributed by atoms with Crippen molar-refractivity contribution in [1.29, 1.82) is 0 Å². The van der Waals surface area contributed by atoms with E-state index in [-0.39, 0.29) is 18.2 Å². The molecule has 0 bridgehead atoms. The second-order valence-electron chi connectivity index (χ2n) is 11.6. The topological polar surface area (TPSA) is 67.4 Å². The number of piperidine rings is 1. The minimum Gasteiger partial charge on any atom is -0.385 e. The van der Waals surface area contributed by atoms with Crippen LogP contribution in [-0.2, 0) is 19.7 Å². The smallest absolute Gasteiger partial charge is 0.238 e. The summed E-state index contributed by atoms with van der Waals surface area (Å²) in [7, 11) is 0.961. The van der Waals surface area contributed by atoms with Gasteiger partial charge in [0.25, 0.3) is 0 Å². The van der Waals surface area contributed by atoms with Crippen LogP contribution in [0.25, 0.3) is 0 Å². The predicted octanol–water partition coefficient (Wildman–Crippen LogP) is 7.65. The lowest BCUT2D eigenvalue weighted by atomic mass is 9.59. The molecule has 1 spiro atoms. The van der Waals surface area contributed by atoms with Crippen molar-refractivity contribution in [2.45, 2.75) is 56.4 Å². The van der Waals surface area contributed by atoms with E-state index in [9.17, 15) is 14.0 Å². The Labute approximate surface area is 246 Å². The molecule has 40 heavy (non-hydrogen) atoms. The molecule has 2 aliphatic rings. The number of ether oxygens (including phenoxy) is 1. The molecule has 1 fully saturated rings. The number of aryl methyl sites for hydroxylation is 1. The van der Waals surface area contributed by atoms with Gasteiger partial charge in [0, 0.05) is 49.9 Å². The largest absolute Gasteiger partial charge is 0.385 e. The van der Waals surface area contributed by atoms with Gasteiger partial charge in [0.05, 0.1) is 6.04 Å². The van der Waals surface area contributed by atoms with Crippen molar-refractivity contribution in [2.75, 3.05) is 19.0 Å². The molecule has 5 rings (SSSR count). The van der Waals surface area contributed by atoms with Gasteiger partial charge < -0.3 is 15.4 Å². The van der Waals surface area contributed by atoms with Crippen LogP contribution in [0.3, 0.4) is 0 Å². The maximum atomic E-state index is 14.4. The highest BCUT2D eigenvalue weighted by atomic mass is 35.5. The molecule has 9 heteroatoms. The van der Waals surface area contributed by atoms with Crippen LogP contribution in [0.2, 0.25) is 35.7 Å². The maximum absolute atomic E-state index is 14.4. The van der Waals surface area contributed by atoms with E-state index in [4.69, 9.17) is 27.9 Å². The molecule has 3 atom stereocenters. The highest BCUT2D eigenvalue weighted by molar-refractivity contribution is 6.76. The highest BCUT2D eigenvalue weighted by Crippen LogP contribution is 2.58. The van der Waals surface area contributed by atoms with Gasteiger partial charge in [0.15, 0.2) is 0 Å². The number of fused-ring (bicyclic) bond motifs is 2. The predicted molar refractivity (Wildman–Crippen MR) is 163 cm³/mol. The monoisotopic (exact) mass is 600 g/mol. The van der Waals surface area contributed by atoms with Crippen LogP contribution >= 0.6 is 23.2 Å². The zero-order valence-corrected chi connectivity index (χ0v) is 25.9. The summed E-state index contributed by atoms with van der Waals surface area (Å²) in [4.78, 5) is 26.8. The van der Waals surface area contributed by atoms with Gasteiger partial charge >= 0.3 is 0 Å². The first kappa shape index (κ1) is 30.3. The Bertz CT molecular complexity index is 1430. The third-order valence-corrected chi connectivity index (χ3v) is 9.78. The number of hydrogen-bond acceptors (Lipinski definition) is 3. The van der Waals surface area contributed by atoms with Gasteiger partial charge in [-0.3, -0.25) is 9.59 Å². The summed E-state index contributed by atoms with van der Waals surface area (Å²) in [5.41, 5.74) is 2.23. The lowest BCUT2D eigenvalue weighted by Gasteiger charge is -2.46. The molecule has 1 saturated heterocycles. The van der Waals surface area contributed by atoms with Crippen LogP contribution in [0.1, 0.15) is 40.6 Å². The third-order valence-electron chi connectivity index (χ3n) is 7.61.